The molecule has 7 nitrogen and oxygen atoms in total. The maximum Gasteiger partial charge on any atom is 0.230 e. The number of methoxy groups -OCH3 is 1. The van der Waals surface area contributed by atoms with Gasteiger partial charge in [0.05, 0.1) is 27.3 Å². The molecule has 1 aliphatic rings. The number of halogens is 1. The molecular formula is C25H27FN4O3. The van der Waals surface area contributed by atoms with Crippen LogP contribution < -0.4 is 14.2 Å². The lowest BCUT2D eigenvalue weighted by molar-refractivity contribution is 0.254. The number of ether oxygens (including phenoxy) is 3. The summed E-state index contributed by atoms with van der Waals surface area (Å²) in [5.74, 6) is -1.38. The molecule has 8 heteroatoms. The Morgan fingerprint density at radius 1 is 1.12 bits per heavy atom. The highest BCUT2D eigenvalue weighted by Gasteiger charge is 2.17. The van der Waals surface area contributed by atoms with Crippen molar-refractivity contribution in [3.05, 3.63) is 48.2 Å². The first-order valence-electron chi connectivity index (χ1n) is 15.1. The molecule has 0 spiro atoms. The second-order valence-corrected chi connectivity index (χ2v) is 7.18. The molecule has 0 atom stereocenters. The fraction of sp³-hybridized carbons (Fsp3) is 0.360. The van der Waals surface area contributed by atoms with Gasteiger partial charge in [-0.3, -0.25) is 0 Å². The van der Waals surface area contributed by atoms with Crippen molar-refractivity contribution in [2.45, 2.75) is 26.1 Å². The van der Waals surface area contributed by atoms with Gasteiger partial charge in [-0.2, -0.15) is 0 Å². The molecule has 0 radical (unpaired) electrons. The predicted molar refractivity (Wildman–Crippen MR) is 125 cm³/mol. The molecule has 172 valence electrons. The van der Waals surface area contributed by atoms with Crippen LogP contribution in [0.15, 0.2) is 36.7 Å². The topological polar surface area (TPSA) is 72.5 Å². The van der Waals surface area contributed by atoms with Crippen molar-refractivity contribution in [1.29, 1.82) is 0 Å². The molecule has 1 N–H and O–H groups in total. The highest BCUT2D eigenvalue weighted by atomic mass is 19.1. The minimum Gasteiger partial charge on any atom is -0.493 e. The van der Waals surface area contributed by atoms with E-state index in [9.17, 15) is 0 Å². The van der Waals surface area contributed by atoms with E-state index in [0.29, 0.717) is 10.9 Å². The second-order valence-electron chi connectivity index (χ2n) is 7.18. The van der Waals surface area contributed by atoms with E-state index in [1.54, 1.807) is 19.1 Å². The summed E-state index contributed by atoms with van der Waals surface area (Å²) in [6.45, 7) is -10.4. The highest BCUT2D eigenvalue weighted by Crippen LogP contribution is 2.37. The van der Waals surface area contributed by atoms with Crippen LogP contribution in [0.5, 0.6) is 23.1 Å². The highest BCUT2D eigenvalue weighted by molar-refractivity contribution is 5.87. The van der Waals surface area contributed by atoms with Crippen LogP contribution in [0.2, 0.25) is 0 Å². The third-order valence-electron chi connectivity index (χ3n) is 4.97. The van der Waals surface area contributed by atoms with Crippen molar-refractivity contribution in [3.63, 3.8) is 0 Å². The molecule has 2 aromatic heterocycles. The third-order valence-corrected chi connectivity index (χ3v) is 4.97. The number of aromatic amines is 1. The van der Waals surface area contributed by atoms with Crippen LogP contribution in [0, 0.1) is 12.7 Å². The number of benzene rings is 2. The largest absolute Gasteiger partial charge is 0.493 e. The average Bonchev–Trinajstić information content (AvgIpc) is 3.39. The molecule has 0 amide bonds. The fourth-order valence-electron chi connectivity index (χ4n) is 3.46. The molecule has 1 aliphatic heterocycles. The molecule has 5 rings (SSSR count). The first-order valence-corrected chi connectivity index (χ1v) is 10.1. The Morgan fingerprint density at radius 3 is 2.79 bits per heavy atom. The van der Waals surface area contributed by atoms with Crippen LogP contribution >= 0.6 is 0 Å². The van der Waals surface area contributed by atoms with Gasteiger partial charge >= 0.3 is 0 Å². The number of hydrogen-bond acceptors (Lipinski definition) is 6. The van der Waals surface area contributed by atoms with Crippen molar-refractivity contribution < 1.29 is 32.3 Å². The maximum atomic E-state index is 15.2. The van der Waals surface area contributed by atoms with Crippen LogP contribution in [0.1, 0.15) is 38.6 Å². The van der Waals surface area contributed by atoms with Crippen LogP contribution in [-0.4, -0.2) is 53.0 Å². The van der Waals surface area contributed by atoms with Crippen LogP contribution in [0.25, 0.3) is 21.8 Å². The van der Waals surface area contributed by atoms with Gasteiger partial charge in [-0.1, -0.05) is 0 Å². The lowest BCUT2D eigenvalue weighted by Gasteiger charge is -2.16. The smallest absolute Gasteiger partial charge is 0.230 e. The van der Waals surface area contributed by atoms with E-state index in [1.807, 2.05) is 0 Å². The molecule has 0 unspecified atom stereocenters. The van der Waals surface area contributed by atoms with Gasteiger partial charge in [0.15, 0.2) is 23.1 Å². The summed E-state index contributed by atoms with van der Waals surface area (Å²) >= 11 is 0. The zero-order valence-electron chi connectivity index (χ0n) is 27.8. The molecule has 33 heavy (non-hydrogen) atoms. The number of nitrogens with one attached hydrogen (secondary N) is 1. The Balaban J connectivity index is 1.51. The van der Waals surface area contributed by atoms with E-state index in [-0.39, 0.29) is 33.2 Å². The van der Waals surface area contributed by atoms with Crippen molar-refractivity contribution >= 4 is 21.8 Å². The minimum atomic E-state index is -3.63. The van der Waals surface area contributed by atoms with Gasteiger partial charge in [0.25, 0.3) is 0 Å². The molecule has 0 bridgehead atoms. The number of rotatable bonds is 8. The number of aryl methyl sites for hydroxylation is 1. The number of aromatic nitrogens is 3. The quantitative estimate of drug-likeness (QED) is 0.388. The molecule has 0 aliphatic carbocycles. The van der Waals surface area contributed by atoms with E-state index in [1.165, 1.54) is 25.3 Å². The molecule has 3 heterocycles. The van der Waals surface area contributed by atoms with E-state index >= 15 is 4.39 Å². The zero-order valence-corrected chi connectivity index (χ0v) is 17.8. The normalized spacial score (nSPS) is 23.1. The van der Waals surface area contributed by atoms with E-state index in [4.69, 9.17) is 27.9 Å². The van der Waals surface area contributed by atoms with Crippen molar-refractivity contribution in [3.8, 4) is 23.1 Å². The molecular weight excluding hydrogens is 423 g/mol. The number of nitrogens with zero attached hydrogens (tertiary/aromatic N) is 3. The Bertz CT molecular complexity index is 1700. The summed E-state index contributed by atoms with van der Waals surface area (Å²) in [4.78, 5) is 11.3. The summed E-state index contributed by atoms with van der Waals surface area (Å²) in [7, 11) is 1.22. The SMILES string of the molecule is [2H]C1([2H])CCC([2H])([2H])N1C([2H])([2H])C([2H])([2H])C([2H])([2H])Oc1cc2ncnc(Oc3ccc4[nH]c(C)cc4c3F)c2cc1OC. The Labute approximate surface area is 205 Å². The van der Waals surface area contributed by atoms with E-state index in [2.05, 4.69) is 15.0 Å². The van der Waals surface area contributed by atoms with Crippen molar-refractivity contribution in [2.24, 2.45) is 0 Å². The Hall–Kier alpha value is -3.39. The molecule has 1 saturated heterocycles. The monoisotopic (exact) mass is 460 g/mol. The first kappa shape index (κ1) is 12.7. The summed E-state index contributed by atoms with van der Waals surface area (Å²) in [5.41, 5.74) is 1.44. The van der Waals surface area contributed by atoms with Crippen molar-refractivity contribution in [1.82, 2.24) is 19.9 Å². The summed E-state index contributed by atoms with van der Waals surface area (Å²) in [6, 6.07) is 7.17. The second kappa shape index (κ2) is 9.23. The minimum absolute atomic E-state index is 0.0754. The van der Waals surface area contributed by atoms with Crippen LogP contribution in [0.4, 0.5) is 4.39 Å². The Morgan fingerprint density at radius 2 is 1.97 bits per heavy atom. The fourth-order valence-corrected chi connectivity index (χ4v) is 3.46. The van der Waals surface area contributed by atoms with Crippen molar-refractivity contribution in [2.75, 3.05) is 33.2 Å². The maximum absolute atomic E-state index is 15.2. The number of hydrogen-bond donors (Lipinski definition) is 1. The molecule has 2 aromatic carbocycles. The van der Waals surface area contributed by atoms with E-state index < -0.39 is 56.8 Å². The third kappa shape index (κ3) is 4.43. The average molecular weight is 461 g/mol. The standard InChI is InChI=1S/C25H27FN4O3/c1-16-12-17-19(29-16)6-7-21(24(17)26)33-25-18-13-22(31-2)23(14-20(18)27-15-28-25)32-11-5-10-30-8-3-4-9-30/h6-7,12-15,29H,3-5,8-11H2,1-2H3/i5D2,8D2,9D2,10D2,11D2. The first-order chi connectivity index (χ1) is 19.8. The van der Waals surface area contributed by atoms with E-state index in [0.717, 1.165) is 12.0 Å². The number of likely N-dealkylation sites (tertiary alicyclic amines) is 1. The van der Waals surface area contributed by atoms with Gasteiger partial charge in [0.1, 0.15) is 6.33 Å². The number of fused-ring (bicyclic) bond motifs is 2. The summed E-state index contributed by atoms with van der Waals surface area (Å²) in [5, 5.41) is 0.516. The summed E-state index contributed by atoms with van der Waals surface area (Å²) in [6.07, 6.45) is -3.37. The molecule has 0 saturated carbocycles. The number of H-pyrrole nitrogens is 1. The predicted octanol–water partition coefficient (Wildman–Crippen LogP) is 5.22. The molecule has 1 fully saturated rings. The van der Waals surface area contributed by atoms with Gasteiger partial charge < -0.3 is 24.1 Å². The lowest BCUT2D eigenvalue weighted by Crippen LogP contribution is -2.21. The lowest BCUT2D eigenvalue weighted by atomic mass is 10.2. The summed E-state index contributed by atoms with van der Waals surface area (Å²) < 4.78 is 114. The Kier molecular flexibility index (Phi) is 3.56. The van der Waals surface area contributed by atoms with Crippen LogP contribution in [-0.2, 0) is 0 Å². The van der Waals surface area contributed by atoms with Gasteiger partial charge in [0, 0.05) is 40.1 Å². The van der Waals surface area contributed by atoms with Gasteiger partial charge in [-0.15, -0.1) is 0 Å². The van der Waals surface area contributed by atoms with Gasteiger partial charge in [-0.05, 0) is 63.4 Å². The molecule has 4 aromatic rings. The zero-order chi connectivity index (χ0) is 31.8. The van der Waals surface area contributed by atoms with Crippen LogP contribution in [0.3, 0.4) is 0 Å². The van der Waals surface area contributed by atoms with Gasteiger partial charge in [-0.25, -0.2) is 14.4 Å². The van der Waals surface area contributed by atoms with Gasteiger partial charge in [0.2, 0.25) is 5.88 Å².